The number of nitrogens with one attached hydrogen (secondary N) is 1. The number of benzene rings is 2. The number of aryl methyl sites for hydroxylation is 1. The summed E-state index contributed by atoms with van der Waals surface area (Å²) in [5.74, 6) is 0.904. The Bertz CT molecular complexity index is 1030. The maximum Gasteiger partial charge on any atom is 0.272 e. The van der Waals surface area contributed by atoms with E-state index in [1.54, 1.807) is 11.1 Å². The van der Waals surface area contributed by atoms with Crippen molar-refractivity contribution >= 4 is 27.7 Å². The average molecular weight is 344 g/mol. The highest BCUT2D eigenvalue weighted by Crippen LogP contribution is 2.18. The zero-order valence-electron chi connectivity index (χ0n) is 14.6. The van der Waals surface area contributed by atoms with Crippen LogP contribution in [0.5, 0.6) is 0 Å². The van der Waals surface area contributed by atoms with Gasteiger partial charge in [-0.1, -0.05) is 36.4 Å². The first-order valence-electron chi connectivity index (χ1n) is 8.75. The lowest BCUT2D eigenvalue weighted by molar-refractivity contribution is 0.0790. The number of para-hydroxylation sites is 2. The van der Waals surface area contributed by atoms with Crippen molar-refractivity contribution in [1.29, 1.82) is 0 Å². The van der Waals surface area contributed by atoms with Gasteiger partial charge in [-0.2, -0.15) is 0 Å². The highest BCUT2D eigenvalue weighted by atomic mass is 16.2. The molecule has 1 amide bonds. The molecule has 0 aliphatic rings. The molecule has 0 saturated heterocycles. The molecule has 5 heteroatoms. The lowest BCUT2D eigenvalue weighted by Crippen LogP contribution is -2.29. The summed E-state index contributed by atoms with van der Waals surface area (Å²) in [6, 6.07) is 17.8. The normalized spacial score (nSPS) is 11.1. The molecule has 4 rings (SSSR count). The first-order chi connectivity index (χ1) is 12.7. The van der Waals surface area contributed by atoms with E-state index in [1.165, 1.54) is 0 Å². The quantitative estimate of drug-likeness (QED) is 0.599. The number of pyridine rings is 1. The smallest absolute Gasteiger partial charge is 0.272 e. The molecule has 0 saturated carbocycles. The summed E-state index contributed by atoms with van der Waals surface area (Å²) in [4.78, 5) is 26.7. The van der Waals surface area contributed by atoms with E-state index in [-0.39, 0.29) is 5.91 Å². The van der Waals surface area contributed by atoms with Crippen molar-refractivity contribution in [3.05, 3.63) is 72.3 Å². The van der Waals surface area contributed by atoms with Crippen molar-refractivity contribution in [2.75, 3.05) is 13.6 Å². The van der Waals surface area contributed by atoms with Crippen LogP contribution in [-0.2, 0) is 6.42 Å². The highest BCUT2D eigenvalue weighted by molar-refractivity contribution is 6.05. The maximum absolute atomic E-state index is 12.8. The van der Waals surface area contributed by atoms with Gasteiger partial charge in [-0.3, -0.25) is 9.78 Å². The molecule has 0 atom stereocenters. The van der Waals surface area contributed by atoms with Gasteiger partial charge >= 0.3 is 0 Å². The number of amides is 1. The molecule has 2 heterocycles. The van der Waals surface area contributed by atoms with Crippen LogP contribution in [0.1, 0.15) is 22.7 Å². The molecule has 0 aliphatic heterocycles. The van der Waals surface area contributed by atoms with E-state index >= 15 is 0 Å². The number of imidazole rings is 1. The number of carbonyl (C=O) groups excluding carboxylic acids is 1. The van der Waals surface area contributed by atoms with Crippen molar-refractivity contribution in [3.8, 4) is 0 Å². The van der Waals surface area contributed by atoms with Gasteiger partial charge in [-0.25, -0.2) is 4.98 Å². The third kappa shape index (κ3) is 3.16. The third-order valence-corrected chi connectivity index (χ3v) is 4.57. The molecule has 0 spiro atoms. The van der Waals surface area contributed by atoms with E-state index in [0.717, 1.165) is 40.5 Å². The van der Waals surface area contributed by atoms with Gasteiger partial charge in [0, 0.05) is 31.6 Å². The lowest BCUT2D eigenvalue weighted by atomic mass is 10.1. The van der Waals surface area contributed by atoms with Crippen LogP contribution >= 0.6 is 0 Å². The minimum Gasteiger partial charge on any atom is -0.342 e. The Kier molecular flexibility index (Phi) is 4.35. The Hall–Kier alpha value is -3.21. The topological polar surface area (TPSA) is 61.9 Å². The van der Waals surface area contributed by atoms with Crippen molar-refractivity contribution in [3.63, 3.8) is 0 Å². The maximum atomic E-state index is 12.8. The number of hydrogen-bond donors (Lipinski definition) is 1. The van der Waals surface area contributed by atoms with Crippen molar-refractivity contribution in [2.45, 2.75) is 12.8 Å². The van der Waals surface area contributed by atoms with Crippen LogP contribution in [0, 0.1) is 0 Å². The molecular formula is C21H20N4O. The van der Waals surface area contributed by atoms with E-state index in [1.807, 2.05) is 61.6 Å². The van der Waals surface area contributed by atoms with Gasteiger partial charge in [0.05, 0.1) is 11.0 Å². The van der Waals surface area contributed by atoms with E-state index in [2.05, 4.69) is 15.0 Å². The summed E-state index contributed by atoms with van der Waals surface area (Å²) in [7, 11) is 1.82. The van der Waals surface area contributed by atoms with E-state index in [4.69, 9.17) is 0 Å². The summed E-state index contributed by atoms with van der Waals surface area (Å²) in [5, 5.41) is 1.92. The Morgan fingerprint density at radius 1 is 1.08 bits per heavy atom. The van der Waals surface area contributed by atoms with Crippen LogP contribution < -0.4 is 0 Å². The Morgan fingerprint density at radius 3 is 2.77 bits per heavy atom. The number of H-pyrrole nitrogens is 1. The van der Waals surface area contributed by atoms with Crippen molar-refractivity contribution in [2.24, 2.45) is 0 Å². The van der Waals surface area contributed by atoms with Crippen molar-refractivity contribution in [1.82, 2.24) is 19.9 Å². The second kappa shape index (κ2) is 6.96. The lowest BCUT2D eigenvalue weighted by Gasteiger charge is -2.17. The predicted molar refractivity (Wildman–Crippen MR) is 103 cm³/mol. The first kappa shape index (κ1) is 16.3. The molecule has 1 N–H and O–H groups in total. The molecular weight excluding hydrogens is 324 g/mol. The van der Waals surface area contributed by atoms with E-state index in [0.29, 0.717) is 12.2 Å². The largest absolute Gasteiger partial charge is 0.342 e. The standard InChI is InChI=1S/C21H20N4O/c1-25(14-6-11-19-23-17-9-4-5-10-18(17)24-19)21(26)20-16-8-3-2-7-15(16)12-13-22-20/h2-5,7-10,12-13H,6,11,14H2,1H3,(H,23,24). The number of fused-ring (bicyclic) bond motifs is 2. The number of hydrogen-bond acceptors (Lipinski definition) is 3. The fourth-order valence-electron chi connectivity index (χ4n) is 3.18. The first-order valence-corrected chi connectivity index (χ1v) is 8.75. The fourth-order valence-corrected chi connectivity index (χ4v) is 3.18. The minimum atomic E-state index is -0.0496. The van der Waals surface area contributed by atoms with E-state index < -0.39 is 0 Å². The molecule has 2 aromatic heterocycles. The van der Waals surface area contributed by atoms with Gasteiger partial charge in [0.1, 0.15) is 11.5 Å². The zero-order valence-corrected chi connectivity index (χ0v) is 14.6. The summed E-state index contributed by atoms with van der Waals surface area (Å²) < 4.78 is 0. The van der Waals surface area contributed by atoms with E-state index in [9.17, 15) is 4.79 Å². The van der Waals surface area contributed by atoms with Gasteiger partial charge in [0.25, 0.3) is 5.91 Å². The van der Waals surface area contributed by atoms with Gasteiger partial charge in [0.2, 0.25) is 0 Å². The second-order valence-electron chi connectivity index (χ2n) is 6.41. The van der Waals surface area contributed by atoms with Crippen LogP contribution in [0.2, 0.25) is 0 Å². The molecule has 0 fully saturated rings. The summed E-state index contributed by atoms with van der Waals surface area (Å²) >= 11 is 0. The zero-order chi connectivity index (χ0) is 17.9. The Morgan fingerprint density at radius 2 is 1.88 bits per heavy atom. The molecule has 4 aromatic rings. The molecule has 130 valence electrons. The molecule has 26 heavy (non-hydrogen) atoms. The number of nitrogens with zero attached hydrogens (tertiary/aromatic N) is 3. The van der Waals surface area contributed by atoms with Crippen LogP contribution in [0.4, 0.5) is 0 Å². The van der Waals surface area contributed by atoms with Crippen LogP contribution in [0.15, 0.2) is 60.8 Å². The summed E-state index contributed by atoms with van der Waals surface area (Å²) in [6.45, 7) is 0.654. The minimum absolute atomic E-state index is 0.0496. The number of aromatic amines is 1. The Labute approximate surface area is 151 Å². The van der Waals surface area contributed by atoms with Gasteiger partial charge < -0.3 is 9.88 Å². The molecule has 2 aromatic carbocycles. The van der Waals surface area contributed by atoms with Crippen molar-refractivity contribution < 1.29 is 4.79 Å². The SMILES string of the molecule is CN(CCCc1nc2ccccc2[nH]1)C(=O)c1nccc2ccccc12. The van der Waals surface area contributed by atoms with Gasteiger partial charge in [0.15, 0.2) is 0 Å². The summed E-state index contributed by atoms with van der Waals surface area (Å²) in [6.07, 6.45) is 3.33. The Balaban J connectivity index is 1.42. The van der Waals surface area contributed by atoms with Crippen LogP contribution in [-0.4, -0.2) is 39.4 Å². The fraction of sp³-hybridized carbons (Fsp3) is 0.190. The second-order valence-corrected chi connectivity index (χ2v) is 6.41. The number of carbonyl (C=O) groups is 1. The molecule has 0 unspecified atom stereocenters. The van der Waals surface area contributed by atoms with Crippen LogP contribution in [0.25, 0.3) is 21.8 Å². The molecule has 0 radical (unpaired) electrons. The van der Waals surface area contributed by atoms with Gasteiger partial charge in [-0.05, 0) is 30.0 Å². The monoisotopic (exact) mass is 344 g/mol. The van der Waals surface area contributed by atoms with Crippen LogP contribution in [0.3, 0.4) is 0 Å². The molecule has 0 bridgehead atoms. The molecule has 0 aliphatic carbocycles. The third-order valence-electron chi connectivity index (χ3n) is 4.57. The summed E-state index contributed by atoms with van der Waals surface area (Å²) in [5.41, 5.74) is 2.54. The number of aromatic nitrogens is 3. The highest BCUT2D eigenvalue weighted by Gasteiger charge is 2.16. The number of rotatable bonds is 5. The predicted octanol–water partition coefficient (Wildman–Crippen LogP) is 3.82. The average Bonchev–Trinajstić information content (AvgIpc) is 3.09. The molecule has 5 nitrogen and oxygen atoms in total. The van der Waals surface area contributed by atoms with Gasteiger partial charge in [-0.15, -0.1) is 0 Å².